The Labute approximate surface area is 141 Å². The van der Waals surface area contributed by atoms with Gasteiger partial charge in [-0.2, -0.15) is 18.3 Å². The monoisotopic (exact) mass is 356 g/mol. The lowest BCUT2D eigenvalue weighted by atomic mass is 10.2. The molecule has 2 aromatic rings. The van der Waals surface area contributed by atoms with Crippen molar-refractivity contribution in [1.82, 2.24) is 14.7 Å². The molecule has 1 aliphatic heterocycles. The number of likely N-dealkylation sites (tertiary alicyclic amines) is 1. The minimum atomic E-state index is -4.61. The van der Waals surface area contributed by atoms with Crippen LogP contribution in [0.1, 0.15) is 18.4 Å². The van der Waals surface area contributed by atoms with Gasteiger partial charge in [-0.05, 0) is 37.1 Å². The molecule has 0 bridgehead atoms. The van der Waals surface area contributed by atoms with Crippen LogP contribution in [-0.4, -0.2) is 33.3 Å². The van der Waals surface area contributed by atoms with Crippen molar-refractivity contribution in [1.29, 1.82) is 0 Å². The van der Waals surface area contributed by atoms with E-state index in [-0.39, 0.29) is 6.04 Å². The molecule has 0 saturated carbocycles. The molecule has 1 unspecified atom stereocenters. The van der Waals surface area contributed by atoms with Crippen LogP contribution in [0.15, 0.2) is 36.7 Å². The van der Waals surface area contributed by atoms with Crippen molar-refractivity contribution in [3.8, 4) is 0 Å². The van der Waals surface area contributed by atoms with E-state index in [2.05, 4.69) is 10.4 Å². The van der Waals surface area contributed by atoms with Crippen LogP contribution in [0.25, 0.3) is 0 Å². The zero-order chi connectivity index (χ0) is 18.0. The van der Waals surface area contributed by atoms with Gasteiger partial charge in [0, 0.05) is 18.9 Å². The van der Waals surface area contributed by atoms with E-state index >= 15 is 0 Å². The summed E-state index contributed by atoms with van der Waals surface area (Å²) in [5.74, 6) is -0.913. The van der Waals surface area contributed by atoms with Crippen molar-refractivity contribution in [2.24, 2.45) is 0 Å². The number of hydrogen-bond acceptors (Lipinski definition) is 2. The van der Waals surface area contributed by atoms with Gasteiger partial charge < -0.3 is 10.2 Å². The Kier molecular flexibility index (Phi) is 4.65. The number of carbonyl (C=O) groups excluding carboxylic acids is 1. The molecule has 1 aromatic heterocycles. The second kappa shape index (κ2) is 6.73. The Morgan fingerprint density at radius 2 is 2.16 bits per heavy atom. The summed E-state index contributed by atoms with van der Waals surface area (Å²) < 4.78 is 53.7. The highest BCUT2D eigenvalue weighted by Gasteiger charge is 2.33. The maximum absolute atomic E-state index is 13.8. The van der Waals surface area contributed by atoms with Gasteiger partial charge in [0.2, 0.25) is 0 Å². The highest BCUT2D eigenvalue weighted by atomic mass is 19.4. The number of aromatic nitrogens is 2. The van der Waals surface area contributed by atoms with Crippen molar-refractivity contribution >= 4 is 11.7 Å². The first-order valence-corrected chi connectivity index (χ1v) is 7.76. The number of hydrogen-bond donors (Lipinski definition) is 1. The Hall–Kier alpha value is -2.58. The number of anilines is 1. The molecule has 1 aromatic carbocycles. The standard InChI is InChI=1S/C16H16F4N4O/c17-13-5-4-11(16(18,19)20)9-14(13)22-15(25)24-8-1-3-12(24)10-23-7-2-6-21-23/h2,4-7,9,12H,1,3,8,10H2,(H,22,25). The van der Waals surface area contributed by atoms with Crippen molar-refractivity contribution < 1.29 is 22.4 Å². The van der Waals surface area contributed by atoms with Crippen molar-refractivity contribution in [3.05, 3.63) is 48.0 Å². The molecule has 134 valence electrons. The Morgan fingerprint density at radius 3 is 2.84 bits per heavy atom. The van der Waals surface area contributed by atoms with E-state index in [1.165, 1.54) is 4.90 Å². The summed E-state index contributed by atoms with van der Waals surface area (Å²) in [6.07, 6.45) is 0.296. The van der Waals surface area contributed by atoms with Gasteiger partial charge in [0.15, 0.2) is 0 Å². The summed E-state index contributed by atoms with van der Waals surface area (Å²) in [4.78, 5) is 13.9. The lowest BCUT2D eigenvalue weighted by Crippen LogP contribution is -2.41. The van der Waals surface area contributed by atoms with E-state index in [9.17, 15) is 22.4 Å². The van der Waals surface area contributed by atoms with Gasteiger partial charge in [0.1, 0.15) is 5.82 Å². The summed E-state index contributed by atoms with van der Waals surface area (Å²) >= 11 is 0. The van der Waals surface area contributed by atoms with Crippen LogP contribution < -0.4 is 5.32 Å². The number of carbonyl (C=O) groups is 1. The van der Waals surface area contributed by atoms with Gasteiger partial charge in [-0.3, -0.25) is 4.68 Å². The molecule has 2 amide bonds. The maximum Gasteiger partial charge on any atom is 0.416 e. The lowest BCUT2D eigenvalue weighted by molar-refractivity contribution is -0.137. The van der Waals surface area contributed by atoms with Gasteiger partial charge in [-0.25, -0.2) is 9.18 Å². The van der Waals surface area contributed by atoms with Crippen LogP contribution in [0.4, 0.5) is 28.0 Å². The summed E-state index contributed by atoms with van der Waals surface area (Å²) in [6.45, 7) is 0.934. The van der Waals surface area contributed by atoms with Crippen LogP contribution in [0.3, 0.4) is 0 Å². The molecular weight excluding hydrogens is 340 g/mol. The third-order valence-electron chi connectivity index (χ3n) is 4.13. The first-order chi connectivity index (χ1) is 11.8. The first-order valence-electron chi connectivity index (χ1n) is 7.76. The number of alkyl halides is 3. The third kappa shape index (κ3) is 3.92. The predicted molar refractivity (Wildman–Crippen MR) is 82.4 cm³/mol. The second-order valence-corrected chi connectivity index (χ2v) is 5.84. The molecule has 9 heteroatoms. The van der Waals surface area contributed by atoms with Crippen molar-refractivity contribution in [2.75, 3.05) is 11.9 Å². The molecule has 3 rings (SSSR count). The fourth-order valence-electron chi connectivity index (χ4n) is 2.90. The zero-order valence-corrected chi connectivity index (χ0v) is 13.1. The molecule has 1 atom stereocenters. The predicted octanol–water partition coefficient (Wildman–Crippen LogP) is 3.74. The maximum atomic E-state index is 13.8. The molecule has 25 heavy (non-hydrogen) atoms. The first kappa shape index (κ1) is 17.2. The van der Waals surface area contributed by atoms with Crippen LogP contribution in [0.2, 0.25) is 0 Å². The largest absolute Gasteiger partial charge is 0.416 e. The van der Waals surface area contributed by atoms with Gasteiger partial charge in [0.05, 0.1) is 23.8 Å². The molecule has 0 aliphatic carbocycles. The average Bonchev–Trinajstić information content (AvgIpc) is 3.20. The number of urea groups is 1. The number of amides is 2. The highest BCUT2D eigenvalue weighted by molar-refractivity contribution is 5.90. The second-order valence-electron chi connectivity index (χ2n) is 5.84. The number of nitrogens with one attached hydrogen (secondary N) is 1. The summed E-state index contributed by atoms with van der Waals surface area (Å²) in [5, 5.41) is 6.34. The molecule has 1 fully saturated rings. The molecule has 1 aliphatic rings. The van der Waals surface area contributed by atoms with E-state index in [0.29, 0.717) is 31.3 Å². The minimum Gasteiger partial charge on any atom is -0.320 e. The molecule has 2 heterocycles. The lowest BCUT2D eigenvalue weighted by Gasteiger charge is -2.25. The zero-order valence-electron chi connectivity index (χ0n) is 13.1. The van der Waals surface area contributed by atoms with E-state index < -0.39 is 29.3 Å². The Balaban J connectivity index is 1.73. The van der Waals surface area contributed by atoms with E-state index in [1.54, 1.807) is 23.1 Å². The molecule has 1 N–H and O–H groups in total. The van der Waals surface area contributed by atoms with Crippen molar-refractivity contribution in [2.45, 2.75) is 31.6 Å². The molecule has 0 spiro atoms. The molecule has 1 saturated heterocycles. The smallest absolute Gasteiger partial charge is 0.320 e. The molecule has 5 nitrogen and oxygen atoms in total. The van der Waals surface area contributed by atoms with Crippen LogP contribution in [0.5, 0.6) is 0 Å². The normalized spacial score (nSPS) is 17.8. The summed E-state index contributed by atoms with van der Waals surface area (Å²) in [5.41, 5.74) is -1.50. The summed E-state index contributed by atoms with van der Waals surface area (Å²) in [7, 11) is 0. The molecular formula is C16H16F4N4O. The van der Waals surface area contributed by atoms with Crippen LogP contribution in [-0.2, 0) is 12.7 Å². The Bertz CT molecular complexity index is 745. The van der Waals surface area contributed by atoms with E-state index in [0.717, 1.165) is 12.8 Å². The topological polar surface area (TPSA) is 50.2 Å². The van der Waals surface area contributed by atoms with Gasteiger partial charge in [0.25, 0.3) is 0 Å². The summed E-state index contributed by atoms with van der Waals surface area (Å²) in [6, 6.07) is 2.94. The third-order valence-corrected chi connectivity index (χ3v) is 4.13. The fraction of sp³-hybridized carbons (Fsp3) is 0.375. The highest BCUT2D eigenvalue weighted by Crippen LogP contribution is 2.32. The van der Waals surface area contributed by atoms with Crippen molar-refractivity contribution in [3.63, 3.8) is 0 Å². The SMILES string of the molecule is O=C(Nc1cc(C(F)(F)F)ccc1F)N1CCCC1Cn1cccn1. The van der Waals surface area contributed by atoms with Gasteiger partial charge >= 0.3 is 12.2 Å². The molecule has 0 radical (unpaired) electrons. The van der Waals surface area contributed by atoms with Crippen LogP contribution in [0, 0.1) is 5.82 Å². The average molecular weight is 356 g/mol. The van der Waals surface area contributed by atoms with E-state index in [1.807, 2.05) is 0 Å². The quantitative estimate of drug-likeness (QED) is 0.852. The van der Waals surface area contributed by atoms with Gasteiger partial charge in [-0.15, -0.1) is 0 Å². The Morgan fingerprint density at radius 1 is 1.36 bits per heavy atom. The van der Waals surface area contributed by atoms with E-state index in [4.69, 9.17) is 0 Å². The number of nitrogens with zero attached hydrogens (tertiary/aromatic N) is 3. The number of halogens is 4. The van der Waals surface area contributed by atoms with Crippen LogP contribution >= 0.6 is 0 Å². The number of rotatable bonds is 3. The number of benzene rings is 1. The fourth-order valence-corrected chi connectivity index (χ4v) is 2.90. The van der Waals surface area contributed by atoms with Gasteiger partial charge in [-0.1, -0.05) is 0 Å². The minimum absolute atomic E-state index is 0.145.